The van der Waals surface area contributed by atoms with Crippen LogP contribution in [0, 0.1) is 0 Å². The molecule has 9 heteroatoms. The number of ether oxygens (including phenoxy) is 4. The molecular formula is C34H32N4O5. The zero-order valence-corrected chi connectivity index (χ0v) is 24.4. The van der Waals surface area contributed by atoms with E-state index >= 15 is 0 Å². The second kappa shape index (κ2) is 11.4. The van der Waals surface area contributed by atoms with Crippen molar-refractivity contribution in [2.24, 2.45) is 0 Å². The average Bonchev–Trinajstić information content (AvgIpc) is 3.37. The Morgan fingerprint density at radius 2 is 1.56 bits per heavy atom. The summed E-state index contributed by atoms with van der Waals surface area (Å²) in [6.45, 7) is 4.25. The molecule has 9 nitrogen and oxygen atoms in total. The average molecular weight is 577 g/mol. The maximum atomic E-state index is 14.2. The standard InChI is InChI=1S/C34H32N4O5/c1-21(2)42-26-15-16-27-28(19-26)37(20-22-10-13-24(40-3)14-11-22)34(39)31-32(27)36-38(33(31)35)23-12-17-29(30(18-23)41-4)43-25-8-6-5-7-9-25/h5-19,21H,20,35H2,1-4H3. The normalized spacial score (nSPS) is 11.3. The van der Waals surface area contributed by atoms with Crippen molar-refractivity contribution in [1.82, 2.24) is 14.3 Å². The fraction of sp³-hybridized carbons (Fsp3) is 0.176. The predicted molar refractivity (Wildman–Crippen MR) is 168 cm³/mol. The molecule has 2 N–H and O–H groups in total. The maximum Gasteiger partial charge on any atom is 0.264 e. The van der Waals surface area contributed by atoms with E-state index in [1.165, 1.54) is 0 Å². The molecule has 0 radical (unpaired) electrons. The Bertz CT molecular complexity index is 1980. The number of aromatic nitrogens is 3. The Morgan fingerprint density at radius 3 is 2.26 bits per heavy atom. The van der Waals surface area contributed by atoms with E-state index in [2.05, 4.69) is 0 Å². The number of nitrogens with zero attached hydrogens (tertiary/aromatic N) is 3. The van der Waals surface area contributed by atoms with Gasteiger partial charge in [0, 0.05) is 17.5 Å². The lowest BCUT2D eigenvalue weighted by Gasteiger charge is -2.15. The van der Waals surface area contributed by atoms with Crippen molar-refractivity contribution in [2.45, 2.75) is 26.5 Å². The number of rotatable bonds is 9. The fourth-order valence-corrected chi connectivity index (χ4v) is 5.11. The van der Waals surface area contributed by atoms with E-state index in [0.29, 0.717) is 51.6 Å². The Balaban J connectivity index is 1.51. The van der Waals surface area contributed by atoms with E-state index in [0.717, 1.165) is 16.7 Å². The van der Waals surface area contributed by atoms with Gasteiger partial charge in [-0.15, -0.1) is 0 Å². The Morgan fingerprint density at radius 1 is 0.814 bits per heavy atom. The Hall–Kier alpha value is -5.44. The number of methoxy groups -OCH3 is 2. The topological polar surface area (TPSA) is 103 Å². The van der Waals surface area contributed by atoms with E-state index in [9.17, 15) is 4.79 Å². The van der Waals surface area contributed by atoms with Gasteiger partial charge in [-0.2, -0.15) is 5.10 Å². The maximum absolute atomic E-state index is 14.2. The van der Waals surface area contributed by atoms with Gasteiger partial charge in [-0.3, -0.25) is 4.79 Å². The van der Waals surface area contributed by atoms with Crippen molar-refractivity contribution >= 4 is 27.6 Å². The molecule has 0 aliphatic rings. The summed E-state index contributed by atoms with van der Waals surface area (Å²) in [4.78, 5) is 14.2. The molecule has 0 aliphatic carbocycles. The van der Waals surface area contributed by atoms with Gasteiger partial charge >= 0.3 is 0 Å². The number of hydrogen-bond acceptors (Lipinski definition) is 7. The molecular weight excluding hydrogens is 544 g/mol. The van der Waals surface area contributed by atoms with Gasteiger partial charge < -0.3 is 29.2 Å². The van der Waals surface area contributed by atoms with Crippen molar-refractivity contribution in [3.8, 4) is 34.4 Å². The summed E-state index contributed by atoms with van der Waals surface area (Å²) in [6.07, 6.45) is -0.0263. The highest BCUT2D eigenvalue weighted by Crippen LogP contribution is 2.36. The third-order valence-electron chi connectivity index (χ3n) is 7.13. The lowest BCUT2D eigenvalue weighted by Crippen LogP contribution is -2.22. The van der Waals surface area contributed by atoms with Crippen molar-refractivity contribution in [3.63, 3.8) is 0 Å². The first-order chi connectivity index (χ1) is 20.9. The molecule has 0 fully saturated rings. The molecule has 0 spiro atoms. The summed E-state index contributed by atoms with van der Waals surface area (Å²) in [7, 11) is 3.19. The highest BCUT2D eigenvalue weighted by Gasteiger charge is 2.21. The minimum atomic E-state index is -0.250. The van der Waals surface area contributed by atoms with Gasteiger partial charge in [0.1, 0.15) is 34.0 Å². The van der Waals surface area contributed by atoms with Gasteiger partial charge in [-0.05, 0) is 67.9 Å². The minimum Gasteiger partial charge on any atom is -0.497 e. The summed E-state index contributed by atoms with van der Waals surface area (Å²) in [5.74, 6) is 3.35. The summed E-state index contributed by atoms with van der Waals surface area (Å²) >= 11 is 0. The van der Waals surface area contributed by atoms with Crippen LogP contribution in [0.15, 0.2) is 95.8 Å². The zero-order valence-electron chi connectivity index (χ0n) is 24.4. The van der Waals surface area contributed by atoms with Gasteiger partial charge in [0.15, 0.2) is 11.5 Å². The van der Waals surface area contributed by atoms with E-state index in [-0.39, 0.29) is 17.5 Å². The Kier molecular flexibility index (Phi) is 7.38. The second-order valence-corrected chi connectivity index (χ2v) is 10.4. The van der Waals surface area contributed by atoms with Crippen LogP contribution in [0.1, 0.15) is 19.4 Å². The van der Waals surface area contributed by atoms with Crippen LogP contribution in [0.3, 0.4) is 0 Å². The van der Waals surface area contributed by atoms with Crippen LogP contribution in [-0.2, 0) is 6.54 Å². The van der Waals surface area contributed by atoms with Crippen LogP contribution in [0.2, 0.25) is 0 Å². The third kappa shape index (κ3) is 5.32. The molecule has 0 unspecified atom stereocenters. The predicted octanol–water partition coefficient (Wildman–Crippen LogP) is 6.57. The number of pyridine rings is 1. The molecule has 2 aromatic heterocycles. The molecule has 6 rings (SSSR count). The SMILES string of the molecule is COc1ccc(Cn2c(=O)c3c(N)n(-c4ccc(Oc5ccccc5)c(OC)c4)nc3c3ccc(OC(C)C)cc32)cc1. The first-order valence-corrected chi connectivity index (χ1v) is 13.9. The summed E-state index contributed by atoms with van der Waals surface area (Å²) in [6, 6.07) is 28.2. The van der Waals surface area contributed by atoms with E-state index in [1.54, 1.807) is 35.6 Å². The lowest BCUT2D eigenvalue weighted by molar-refractivity contribution is 0.242. The van der Waals surface area contributed by atoms with Crippen LogP contribution in [0.5, 0.6) is 28.7 Å². The van der Waals surface area contributed by atoms with Crippen molar-refractivity contribution in [2.75, 3.05) is 20.0 Å². The number of nitrogens with two attached hydrogens (primary N) is 1. The first-order valence-electron chi connectivity index (χ1n) is 13.9. The smallest absolute Gasteiger partial charge is 0.264 e. The summed E-state index contributed by atoms with van der Waals surface area (Å²) < 4.78 is 26.2. The molecule has 0 atom stereocenters. The monoisotopic (exact) mass is 576 g/mol. The number of nitrogen functional groups attached to an aromatic ring is 1. The third-order valence-corrected chi connectivity index (χ3v) is 7.13. The van der Waals surface area contributed by atoms with Crippen molar-refractivity contribution in [3.05, 3.63) is 107 Å². The minimum absolute atomic E-state index is 0.0263. The van der Waals surface area contributed by atoms with Crippen LogP contribution in [0.4, 0.5) is 5.82 Å². The highest BCUT2D eigenvalue weighted by molar-refractivity contribution is 6.07. The number of anilines is 1. The summed E-state index contributed by atoms with van der Waals surface area (Å²) in [5, 5.41) is 5.96. The molecule has 218 valence electrons. The number of para-hydroxylation sites is 1. The van der Waals surface area contributed by atoms with Gasteiger partial charge in [0.2, 0.25) is 0 Å². The molecule has 0 aliphatic heterocycles. The van der Waals surface area contributed by atoms with Crippen LogP contribution >= 0.6 is 0 Å². The fourth-order valence-electron chi connectivity index (χ4n) is 5.11. The number of fused-ring (bicyclic) bond motifs is 3. The van der Waals surface area contributed by atoms with E-state index in [4.69, 9.17) is 29.8 Å². The number of benzene rings is 4. The Labute approximate surface area is 248 Å². The molecule has 0 saturated carbocycles. The van der Waals surface area contributed by atoms with Crippen LogP contribution in [-0.4, -0.2) is 34.7 Å². The summed E-state index contributed by atoms with van der Waals surface area (Å²) in [5.41, 5.74) is 9.19. The van der Waals surface area contributed by atoms with Gasteiger partial charge in [-0.25, -0.2) is 4.68 Å². The molecule has 6 aromatic rings. The molecule has 0 amide bonds. The van der Waals surface area contributed by atoms with Gasteiger partial charge in [0.25, 0.3) is 5.56 Å². The zero-order chi connectivity index (χ0) is 30.1. The molecule has 0 saturated heterocycles. The number of hydrogen-bond donors (Lipinski definition) is 1. The van der Waals surface area contributed by atoms with Crippen LogP contribution < -0.4 is 30.2 Å². The van der Waals surface area contributed by atoms with Crippen molar-refractivity contribution in [1.29, 1.82) is 0 Å². The lowest BCUT2D eigenvalue weighted by atomic mass is 10.1. The molecule has 0 bridgehead atoms. The first kappa shape index (κ1) is 27.7. The molecule has 4 aromatic carbocycles. The van der Waals surface area contributed by atoms with E-state index < -0.39 is 0 Å². The molecule has 2 heterocycles. The van der Waals surface area contributed by atoms with Gasteiger partial charge in [-0.1, -0.05) is 30.3 Å². The van der Waals surface area contributed by atoms with Crippen LogP contribution in [0.25, 0.3) is 27.5 Å². The van der Waals surface area contributed by atoms with E-state index in [1.807, 2.05) is 92.7 Å². The van der Waals surface area contributed by atoms with Gasteiger partial charge in [0.05, 0.1) is 38.1 Å². The molecule has 43 heavy (non-hydrogen) atoms. The van der Waals surface area contributed by atoms with Crippen molar-refractivity contribution < 1.29 is 18.9 Å². The highest BCUT2D eigenvalue weighted by atomic mass is 16.5. The largest absolute Gasteiger partial charge is 0.497 e. The second-order valence-electron chi connectivity index (χ2n) is 10.4. The quantitative estimate of drug-likeness (QED) is 0.208.